The summed E-state index contributed by atoms with van der Waals surface area (Å²) in [6, 6.07) is 5.03. The van der Waals surface area contributed by atoms with E-state index in [0.717, 1.165) is 6.42 Å². The van der Waals surface area contributed by atoms with Crippen LogP contribution in [0.15, 0.2) is 23.1 Å². The Kier molecular flexibility index (Phi) is 4.12. The Labute approximate surface area is 122 Å². The van der Waals surface area contributed by atoms with Crippen LogP contribution >= 0.6 is 0 Å². The number of nitrogens with zero attached hydrogens (tertiary/aromatic N) is 1. The van der Waals surface area contributed by atoms with Gasteiger partial charge in [0.25, 0.3) is 0 Å². The number of piperidine rings is 1. The highest BCUT2D eigenvalue weighted by atomic mass is 32.2. The molecule has 2 N–H and O–H groups in total. The number of rotatable bonds is 2. The van der Waals surface area contributed by atoms with Gasteiger partial charge in [-0.2, -0.15) is 4.31 Å². The first-order chi connectivity index (χ1) is 9.23. The van der Waals surface area contributed by atoms with Crippen LogP contribution in [0.4, 0.5) is 5.69 Å². The van der Waals surface area contributed by atoms with Gasteiger partial charge in [-0.25, -0.2) is 8.42 Å². The minimum atomic E-state index is -3.45. The quantitative estimate of drug-likeness (QED) is 0.853. The first-order valence-corrected chi connectivity index (χ1v) is 8.55. The van der Waals surface area contributed by atoms with Crippen LogP contribution in [0.3, 0.4) is 0 Å². The second kappa shape index (κ2) is 5.37. The van der Waals surface area contributed by atoms with Crippen molar-refractivity contribution in [3.05, 3.63) is 23.8 Å². The number of sulfonamides is 1. The Balaban J connectivity index is 2.43. The Morgan fingerprint density at radius 1 is 1.25 bits per heavy atom. The predicted octanol–water partition coefficient (Wildman–Crippen LogP) is 2.63. The Hall–Kier alpha value is -1.07. The maximum atomic E-state index is 12.9. The number of hydrogen-bond donors (Lipinski definition) is 1. The number of hydrogen-bond acceptors (Lipinski definition) is 3. The highest BCUT2D eigenvalue weighted by Crippen LogP contribution is 2.32. The molecule has 3 unspecified atom stereocenters. The van der Waals surface area contributed by atoms with Crippen LogP contribution in [0.1, 0.15) is 32.8 Å². The van der Waals surface area contributed by atoms with Crippen LogP contribution < -0.4 is 5.73 Å². The molecule has 0 saturated carbocycles. The van der Waals surface area contributed by atoms with E-state index in [4.69, 9.17) is 5.73 Å². The highest BCUT2D eigenvalue weighted by Gasteiger charge is 2.37. The molecule has 20 heavy (non-hydrogen) atoms. The van der Waals surface area contributed by atoms with Crippen LogP contribution in [-0.2, 0) is 10.0 Å². The van der Waals surface area contributed by atoms with Crippen molar-refractivity contribution in [2.24, 2.45) is 11.8 Å². The lowest BCUT2D eigenvalue weighted by atomic mass is 9.88. The van der Waals surface area contributed by atoms with E-state index >= 15 is 0 Å². The van der Waals surface area contributed by atoms with Gasteiger partial charge in [-0.1, -0.05) is 13.8 Å². The average Bonchev–Trinajstić information content (AvgIpc) is 2.33. The average molecular weight is 296 g/mol. The van der Waals surface area contributed by atoms with Crippen LogP contribution in [0.5, 0.6) is 0 Å². The molecule has 1 heterocycles. The normalized spacial score (nSPS) is 28.5. The van der Waals surface area contributed by atoms with E-state index in [9.17, 15) is 8.42 Å². The zero-order valence-electron chi connectivity index (χ0n) is 12.6. The zero-order valence-corrected chi connectivity index (χ0v) is 13.4. The maximum Gasteiger partial charge on any atom is 0.243 e. The minimum Gasteiger partial charge on any atom is -0.399 e. The van der Waals surface area contributed by atoms with Gasteiger partial charge in [0, 0.05) is 18.3 Å². The summed E-state index contributed by atoms with van der Waals surface area (Å²) < 4.78 is 27.5. The van der Waals surface area contributed by atoms with Gasteiger partial charge in [-0.3, -0.25) is 0 Å². The van der Waals surface area contributed by atoms with E-state index in [-0.39, 0.29) is 6.04 Å². The lowest BCUT2D eigenvalue weighted by Crippen LogP contribution is -2.48. The Bertz CT molecular complexity index is 598. The Morgan fingerprint density at radius 2 is 1.90 bits per heavy atom. The topological polar surface area (TPSA) is 63.4 Å². The van der Waals surface area contributed by atoms with Crippen molar-refractivity contribution in [2.75, 3.05) is 12.3 Å². The summed E-state index contributed by atoms with van der Waals surface area (Å²) in [5.41, 5.74) is 7.02. The van der Waals surface area contributed by atoms with Crippen molar-refractivity contribution in [3.63, 3.8) is 0 Å². The molecule has 0 aromatic heterocycles. The fourth-order valence-electron chi connectivity index (χ4n) is 3.07. The molecule has 2 rings (SSSR count). The third-order valence-electron chi connectivity index (χ3n) is 4.33. The largest absolute Gasteiger partial charge is 0.399 e. The SMILES string of the molecule is Cc1cc(N)ccc1S(=O)(=O)N1CC(C)CC(C)C1C. The van der Waals surface area contributed by atoms with Gasteiger partial charge in [-0.15, -0.1) is 0 Å². The van der Waals surface area contributed by atoms with Gasteiger partial charge in [0.05, 0.1) is 4.90 Å². The van der Waals surface area contributed by atoms with E-state index in [0.29, 0.717) is 34.5 Å². The number of nitrogen functional groups attached to an aromatic ring is 1. The van der Waals surface area contributed by atoms with E-state index in [1.54, 1.807) is 29.4 Å². The summed E-state index contributed by atoms with van der Waals surface area (Å²) in [7, 11) is -3.45. The second-order valence-electron chi connectivity index (χ2n) is 6.16. The van der Waals surface area contributed by atoms with Gasteiger partial charge in [0.15, 0.2) is 0 Å². The summed E-state index contributed by atoms with van der Waals surface area (Å²) in [6.45, 7) is 8.63. The molecular formula is C15H24N2O2S. The van der Waals surface area contributed by atoms with Crippen molar-refractivity contribution in [2.45, 2.75) is 45.1 Å². The third kappa shape index (κ3) is 2.69. The number of nitrogens with two attached hydrogens (primary N) is 1. The summed E-state index contributed by atoms with van der Waals surface area (Å²) in [4.78, 5) is 0.375. The van der Waals surface area contributed by atoms with Crippen molar-refractivity contribution >= 4 is 15.7 Å². The molecule has 1 aromatic rings. The van der Waals surface area contributed by atoms with Crippen molar-refractivity contribution in [1.29, 1.82) is 0 Å². The summed E-state index contributed by atoms with van der Waals surface area (Å²) in [5, 5.41) is 0. The van der Waals surface area contributed by atoms with E-state index < -0.39 is 10.0 Å². The van der Waals surface area contributed by atoms with E-state index in [1.807, 2.05) is 6.92 Å². The molecule has 1 aliphatic heterocycles. The molecule has 1 aromatic carbocycles. The number of benzene rings is 1. The summed E-state index contributed by atoms with van der Waals surface area (Å²) in [6.07, 6.45) is 1.08. The first kappa shape index (κ1) is 15.3. The van der Waals surface area contributed by atoms with Crippen LogP contribution in [-0.4, -0.2) is 25.3 Å². The first-order valence-electron chi connectivity index (χ1n) is 7.11. The van der Waals surface area contributed by atoms with Crippen LogP contribution in [0.25, 0.3) is 0 Å². The highest BCUT2D eigenvalue weighted by molar-refractivity contribution is 7.89. The minimum absolute atomic E-state index is 0.0353. The maximum absolute atomic E-state index is 12.9. The molecule has 0 spiro atoms. The molecule has 0 radical (unpaired) electrons. The molecule has 1 saturated heterocycles. The molecule has 4 nitrogen and oxygen atoms in total. The second-order valence-corrected chi connectivity index (χ2v) is 8.02. The zero-order chi connectivity index (χ0) is 15.1. The molecule has 1 fully saturated rings. The van der Waals surface area contributed by atoms with Gasteiger partial charge in [0.1, 0.15) is 0 Å². The Morgan fingerprint density at radius 3 is 2.50 bits per heavy atom. The smallest absolute Gasteiger partial charge is 0.243 e. The number of aryl methyl sites for hydroxylation is 1. The summed E-state index contributed by atoms with van der Waals surface area (Å²) >= 11 is 0. The van der Waals surface area contributed by atoms with Gasteiger partial charge in [0.2, 0.25) is 10.0 Å². The molecule has 3 atom stereocenters. The third-order valence-corrected chi connectivity index (χ3v) is 6.44. The summed E-state index contributed by atoms with van der Waals surface area (Å²) in [5.74, 6) is 0.771. The fraction of sp³-hybridized carbons (Fsp3) is 0.600. The lowest BCUT2D eigenvalue weighted by molar-refractivity contribution is 0.157. The molecule has 112 valence electrons. The molecule has 0 bridgehead atoms. The molecule has 0 aliphatic carbocycles. The fourth-order valence-corrected chi connectivity index (χ4v) is 5.12. The van der Waals surface area contributed by atoms with Gasteiger partial charge < -0.3 is 5.73 Å². The van der Waals surface area contributed by atoms with Gasteiger partial charge >= 0.3 is 0 Å². The standard InChI is InChI=1S/C15H24N2O2S/c1-10-7-11(2)13(4)17(9-10)20(18,19)15-6-5-14(16)8-12(15)3/h5-6,8,10-11,13H,7,9,16H2,1-4H3. The molecule has 5 heteroatoms. The van der Waals surface area contributed by atoms with E-state index in [2.05, 4.69) is 13.8 Å². The monoisotopic (exact) mass is 296 g/mol. The number of anilines is 1. The predicted molar refractivity (Wildman–Crippen MR) is 81.9 cm³/mol. The molecule has 0 amide bonds. The van der Waals surface area contributed by atoms with Crippen molar-refractivity contribution in [1.82, 2.24) is 4.31 Å². The molecule has 1 aliphatic rings. The van der Waals surface area contributed by atoms with Crippen LogP contribution in [0, 0.1) is 18.8 Å². The molecular weight excluding hydrogens is 272 g/mol. The van der Waals surface area contributed by atoms with Crippen molar-refractivity contribution < 1.29 is 8.42 Å². The van der Waals surface area contributed by atoms with Crippen LogP contribution in [0.2, 0.25) is 0 Å². The van der Waals surface area contributed by atoms with Crippen molar-refractivity contribution in [3.8, 4) is 0 Å². The lowest BCUT2D eigenvalue weighted by Gasteiger charge is -2.40. The van der Waals surface area contributed by atoms with E-state index in [1.165, 1.54) is 0 Å². The van der Waals surface area contributed by atoms with Gasteiger partial charge in [-0.05, 0) is 55.9 Å².